The number of hydrogen-bond acceptors (Lipinski definition) is 2. The summed E-state index contributed by atoms with van der Waals surface area (Å²) in [5.41, 5.74) is 0. The molecule has 0 aliphatic heterocycles. The van der Waals surface area contributed by atoms with Crippen LogP contribution in [0.3, 0.4) is 0 Å². The Hall–Kier alpha value is 0.709. The van der Waals surface area contributed by atoms with Crippen molar-refractivity contribution in [3.63, 3.8) is 0 Å². The zero-order valence-electron chi connectivity index (χ0n) is 2.25. The molecule has 0 spiro atoms. The minimum absolute atomic E-state index is 0.108. The molecule has 1 N–H and O–H groups in total. The Labute approximate surface area is 41.7 Å². The van der Waals surface area contributed by atoms with Crippen LogP contribution in [0, 0.1) is 0 Å². The van der Waals surface area contributed by atoms with Gasteiger partial charge in [0.25, 0.3) is 0 Å². The molecule has 0 atom stereocenters. The average Bonchev–Trinajstić information content (AvgIpc) is 0.722. The molecule has 0 aromatic heterocycles. The molecule has 5 heteroatoms. The molecule has 0 rings (SSSR count). The fraction of sp³-hybridized carbons (Fsp3) is 0. The van der Waals surface area contributed by atoms with Gasteiger partial charge in [-0.05, 0) is 0 Å². The van der Waals surface area contributed by atoms with E-state index in [1.54, 1.807) is 0 Å². The second kappa shape index (κ2) is 1.44. The third-order valence-corrected chi connectivity index (χ3v) is 0. The van der Waals surface area contributed by atoms with E-state index in [0.29, 0.717) is 0 Å². The molecular weight excluding hydrogens is 199 g/mol. The second-order valence-electron chi connectivity index (χ2n) is 0.515. The third kappa shape index (κ3) is 68.8. The summed E-state index contributed by atoms with van der Waals surface area (Å²) >= 11 is -0.108. The molecule has 0 saturated heterocycles. The van der Waals surface area contributed by atoms with Gasteiger partial charge in [-0.2, -0.15) is 0 Å². The summed E-state index contributed by atoms with van der Waals surface area (Å²) in [7, 11) is -3.54. The predicted molar refractivity (Wildman–Crippen MR) is 18.7 cm³/mol. The number of hydrogen-bond donors (Lipinski definition) is 1. The maximum atomic E-state index is 9.25. The quantitative estimate of drug-likeness (QED) is 0.391. The van der Waals surface area contributed by atoms with Crippen molar-refractivity contribution in [2.75, 3.05) is 0 Å². The summed E-state index contributed by atoms with van der Waals surface area (Å²) in [4.78, 5) is 0. The van der Waals surface area contributed by atoms with Gasteiger partial charge in [-0.15, -0.1) is 0 Å². The second-order valence-corrected chi connectivity index (χ2v) is 6.65. The summed E-state index contributed by atoms with van der Waals surface area (Å²) in [6, 6.07) is 0. The van der Waals surface area contributed by atoms with E-state index in [2.05, 4.69) is 0 Å². The van der Waals surface area contributed by atoms with Gasteiger partial charge in [0.1, 0.15) is 0 Å². The van der Waals surface area contributed by atoms with E-state index >= 15 is 0 Å². The van der Waals surface area contributed by atoms with Crippen molar-refractivity contribution in [3.05, 3.63) is 0 Å². The molecule has 0 aliphatic rings. The van der Waals surface area contributed by atoms with Crippen molar-refractivity contribution in [3.8, 4) is 0 Å². The van der Waals surface area contributed by atoms with Crippen LogP contribution >= 0.6 is 0 Å². The van der Waals surface area contributed by atoms with E-state index in [4.69, 9.17) is 4.55 Å². The van der Waals surface area contributed by atoms with Crippen LogP contribution in [0.4, 0.5) is 0 Å². The van der Waals surface area contributed by atoms with Crippen LogP contribution in [0.5, 0.6) is 0 Å². The van der Waals surface area contributed by atoms with Crippen LogP contribution in [0.1, 0.15) is 0 Å². The van der Waals surface area contributed by atoms with E-state index in [1.807, 2.05) is 0 Å². The van der Waals surface area contributed by atoms with E-state index in [1.165, 1.54) is 0 Å². The summed E-state index contributed by atoms with van der Waals surface area (Å²) in [6.45, 7) is 0. The predicted octanol–water partition coefficient (Wildman–Crippen LogP) is -1.31. The summed E-state index contributed by atoms with van der Waals surface area (Å²) < 4.78 is 26.0. The van der Waals surface area contributed by atoms with Crippen molar-refractivity contribution in [1.82, 2.24) is 0 Å². The molecule has 0 saturated carbocycles. The molecule has 0 aromatic rings. The van der Waals surface area contributed by atoms with Crippen LogP contribution in [0.25, 0.3) is 0 Å². The first-order chi connectivity index (χ1) is 2.00. The Morgan fingerprint density at radius 1 is 1.60 bits per heavy atom. The van der Waals surface area contributed by atoms with Gasteiger partial charge in [0.2, 0.25) is 0 Å². The minimum atomic E-state index is -3.54. The fourth-order valence-electron chi connectivity index (χ4n) is 0. The van der Waals surface area contributed by atoms with Crippen molar-refractivity contribution in [2.24, 2.45) is 0 Å². The first-order valence-corrected chi connectivity index (χ1v) is 6.29. The standard InChI is InChI=1S/HO3S.Sn.H/c1-4(2)3;;/h(H,1,2,3);;. The van der Waals surface area contributed by atoms with Gasteiger partial charge in [0, 0.05) is 0 Å². The zero-order valence-corrected chi connectivity index (χ0v) is 6.36. The van der Waals surface area contributed by atoms with Crippen LogP contribution in [-0.4, -0.2) is 34.1 Å². The Kier molecular flexibility index (Phi) is 1.64. The summed E-state index contributed by atoms with van der Waals surface area (Å²) in [5, 5.41) is 0. The molecule has 3 nitrogen and oxygen atoms in total. The molecule has 0 unspecified atom stereocenters. The summed E-state index contributed by atoms with van der Waals surface area (Å²) in [6.07, 6.45) is 0. The molecular formula is H2O3SSn. The van der Waals surface area contributed by atoms with Gasteiger partial charge >= 0.3 is 41.4 Å². The molecule has 0 bridgehead atoms. The van der Waals surface area contributed by atoms with Crippen LogP contribution in [0.2, 0.25) is 0 Å². The van der Waals surface area contributed by atoms with Gasteiger partial charge in [-0.1, -0.05) is 0 Å². The van der Waals surface area contributed by atoms with Gasteiger partial charge in [0.05, 0.1) is 0 Å². The maximum absolute atomic E-state index is 9.25. The first kappa shape index (κ1) is 5.71. The van der Waals surface area contributed by atoms with Crippen LogP contribution in [-0.2, 0) is 7.30 Å². The molecule has 0 aromatic carbocycles. The topological polar surface area (TPSA) is 54.4 Å². The molecule has 0 fully saturated rings. The molecule has 30 valence electrons. The molecule has 2 radical (unpaired) electrons. The first-order valence-electron chi connectivity index (χ1n) is 0.752. The Morgan fingerprint density at radius 2 is 1.60 bits per heavy atom. The van der Waals surface area contributed by atoms with E-state index in [-0.39, 0.29) is 21.1 Å². The Morgan fingerprint density at radius 3 is 1.60 bits per heavy atom. The van der Waals surface area contributed by atoms with E-state index < -0.39 is 7.30 Å². The SMILES string of the molecule is O=[S](=O)(O)[SnH]. The van der Waals surface area contributed by atoms with E-state index in [9.17, 15) is 8.42 Å². The Balaban J connectivity index is 4.06. The normalized spacial score (nSPS) is 11.6. The van der Waals surface area contributed by atoms with Crippen molar-refractivity contribution >= 4 is 28.4 Å². The fourth-order valence-corrected chi connectivity index (χ4v) is 0. The molecule has 0 amide bonds. The molecule has 0 aliphatic carbocycles. The monoisotopic (exact) mass is 202 g/mol. The van der Waals surface area contributed by atoms with E-state index in [0.717, 1.165) is 0 Å². The molecule has 0 heterocycles. The van der Waals surface area contributed by atoms with Crippen LogP contribution in [0.15, 0.2) is 0 Å². The van der Waals surface area contributed by atoms with Crippen molar-refractivity contribution < 1.29 is 13.0 Å². The van der Waals surface area contributed by atoms with Crippen molar-refractivity contribution in [2.45, 2.75) is 0 Å². The zero-order chi connectivity index (χ0) is 4.50. The Bertz CT molecular complexity index is 90.1. The summed E-state index contributed by atoms with van der Waals surface area (Å²) in [5.74, 6) is 0. The molecule has 5 heavy (non-hydrogen) atoms. The average molecular weight is 201 g/mol. The van der Waals surface area contributed by atoms with Crippen molar-refractivity contribution in [1.29, 1.82) is 0 Å². The third-order valence-electron chi connectivity index (χ3n) is 0. The number of rotatable bonds is 0. The van der Waals surface area contributed by atoms with Gasteiger partial charge in [-0.25, -0.2) is 0 Å². The van der Waals surface area contributed by atoms with Gasteiger partial charge in [-0.3, -0.25) is 0 Å². The van der Waals surface area contributed by atoms with Gasteiger partial charge in [0.15, 0.2) is 0 Å². The van der Waals surface area contributed by atoms with Gasteiger partial charge < -0.3 is 0 Å². The van der Waals surface area contributed by atoms with Crippen LogP contribution < -0.4 is 0 Å².